The van der Waals surface area contributed by atoms with Gasteiger partial charge in [0.15, 0.2) is 0 Å². The molecule has 1 heterocycles. The van der Waals surface area contributed by atoms with E-state index in [2.05, 4.69) is 20.8 Å². The lowest BCUT2D eigenvalue weighted by Gasteiger charge is -2.29. The maximum Gasteiger partial charge on any atom is 0.255 e. The van der Waals surface area contributed by atoms with Crippen LogP contribution < -0.4 is 5.73 Å². The highest BCUT2D eigenvalue weighted by Crippen LogP contribution is 2.34. The van der Waals surface area contributed by atoms with Crippen molar-refractivity contribution in [1.29, 1.82) is 0 Å². The van der Waals surface area contributed by atoms with Crippen molar-refractivity contribution >= 4 is 11.6 Å². The number of para-hydroxylation sites is 1. The van der Waals surface area contributed by atoms with Gasteiger partial charge in [0.1, 0.15) is 0 Å². The molecule has 21 heavy (non-hydrogen) atoms. The SMILES string of the molecule is Cc1cccc(C(=O)N2CCCC(C(C)(C)C)CC2)c1N. The molecule has 1 aromatic carbocycles. The second-order valence-corrected chi connectivity index (χ2v) is 7.32. The van der Waals surface area contributed by atoms with Crippen molar-refractivity contribution in [2.75, 3.05) is 18.8 Å². The van der Waals surface area contributed by atoms with E-state index >= 15 is 0 Å². The summed E-state index contributed by atoms with van der Waals surface area (Å²) in [6, 6.07) is 5.70. The molecule has 1 aromatic rings. The van der Waals surface area contributed by atoms with E-state index in [1.165, 1.54) is 6.42 Å². The molecule has 1 aliphatic heterocycles. The Morgan fingerprint density at radius 1 is 1.24 bits per heavy atom. The molecule has 0 radical (unpaired) electrons. The first-order valence-corrected chi connectivity index (χ1v) is 7.95. The lowest BCUT2D eigenvalue weighted by molar-refractivity contribution is 0.0756. The van der Waals surface area contributed by atoms with Crippen molar-refractivity contribution in [2.24, 2.45) is 11.3 Å². The van der Waals surface area contributed by atoms with Gasteiger partial charge in [-0.15, -0.1) is 0 Å². The summed E-state index contributed by atoms with van der Waals surface area (Å²) < 4.78 is 0. The monoisotopic (exact) mass is 288 g/mol. The van der Waals surface area contributed by atoms with Crippen molar-refractivity contribution in [3.05, 3.63) is 29.3 Å². The summed E-state index contributed by atoms with van der Waals surface area (Å²) in [5.74, 6) is 0.774. The molecule has 1 amide bonds. The molecule has 1 saturated heterocycles. The molecule has 0 spiro atoms. The Hall–Kier alpha value is -1.51. The van der Waals surface area contributed by atoms with Crippen LogP contribution in [0.5, 0.6) is 0 Å². The van der Waals surface area contributed by atoms with Crippen LogP contribution in [0.25, 0.3) is 0 Å². The zero-order valence-electron chi connectivity index (χ0n) is 13.8. The molecule has 0 aromatic heterocycles. The van der Waals surface area contributed by atoms with Crippen LogP contribution in [0, 0.1) is 18.3 Å². The molecule has 1 aliphatic rings. The Labute approximate surface area is 128 Å². The van der Waals surface area contributed by atoms with Gasteiger partial charge in [0, 0.05) is 18.8 Å². The van der Waals surface area contributed by atoms with E-state index in [1.54, 1.807) is 0 Å². The van der Waals surface area contributed by atoms with Crippen molar-refractivity contribution < 1.29 is 4.79 Å². The Bertz CT molecular complexity index is 516. The summed E-state index contributed by atoms with van der Waals surface area (Å²) in [5.41, 5.74) is 8.66. The number of likely N-dealkylation sites (tertiary alicyclic amines) is 1. The van der Waals surface area contributed by atoms with Gasteiger partial charge in [0.25, 0.3) is 5.91 Å². The van der Waals surface area contributed by atoms with Crippen LogP contribution in [-0.4, -0.2) is 23.9 Å². The number of carbonyl (C=O) groups excluding carboxylic acids is 1. The summed E-state index contributed by atoms with van der Waals surface area (Å²) in [4.78, 5) is 14.7. The summed E-state index contributed by atoms with van der Waals surface area (Å²) in [6.07, 6.45) is 3.37. The molecule has 0 aliphatic carbocycles. The number of carbonyl (C=O) groups is 1. The molecular weight excluding hydrogens is 260 g/mol. The second kappa shape index (κ2) is 6.08. The summed E-state index contributed by atoms with van der Waals surface area (Å²) in [6.45, 7) is 10.5. The van der Waals surface area contributed by atoms with Gasteiger partial charge in [-0.05, 0) is 49.1 Å². The first-order valence-electron chi connectivity index (χ1n) is 7.95. The van der Waals surface area contributed by atoms with Gasteiger partial charge >= 0.3 is 0 Å². The third-order valence-corrected chi connectivity index (χ3v) is 4.79. The van der Waals surface area contributed by atoms with Crippen molar-refractivity contribution in [3.63, 3.8) is 0 Å². The Morgan fingerprint density at radius 2 is 1.95 bits per heavy atom. The van der Waals surface area contributed by atoms with Crippen LogP contribution in [0.2, 0.25) is 0 Å². The highest BCUT2D eigenvalue weighted by molar-refractivity contribution is 5.99. The van der Waals surface area contributed by atoms with Crippen LogP contribution in [0.15, 0.2) is 18.2 Å². The van der Waals surface area contributed by atoms with Gasteiger partial charge in [-0.2, -0.15) is 0 Å². The maximum absolute atomic E-state index is 12.7. The highest BCUT2D eigenvalue weighted by Gasteiger charge is 2.29. The minimum atomic E-state index is 0.0887. The third kappa shape index (κ3) is 3.58. The van der Waals surface area contributed by atoms with Gasteiger partial charge < -0.3 is 10.6 Å². The van der Waals surface area contributed by atoms with Crippen LogP contribution in [0.4, 0.5) is 5.69 Å². The molecule has 1 fully saturated rings. The predicted octanol–water partition coefficient (Wildman–Crippen LogP) is 3.87. The van der Waals surface area contributed by atoms with E-state index in [-0.39, 0.29) is 5.91 Å². The quantitative estimate of drug-likeness (QED) is 0.797. The van der Waals surface area contributed by atoms with Crippen LogP contribution >= 0.6 is 0 Å². The molecule has 1 unspecified atom stereocenters. The van der Waals surface area contributed by atoms with Crippen molar-refractivity contribution in [2.45, 2.75) is 47.0 Å². The first-order chi connectivity index (χ1) is 9.80. The number of nitrogens with zero attached hydrogens (tertiary/aromatic N) is 1. The fourth-order valence-electron chi connectivity index (χ4n) is 3.20. The summed E-state index contributed by atoms with van der Waals surface area (Å²) >= 11 is 0. The van der Waals surface area contributed by atoms with Crippen LogP contribution in [-0.2, 0) is 0 Å². The molecule has 2 rings (SSSR count). The number of hydrogen-bond acceptors (Lipinski definition) is 2. The Morgan fingerprint density at radius 3 is 2.62 bits per heavy atom. The number of nitrogen functional groups attached to an aromatic ring is 1. The van der Waals surface area contributed by atoms with Gasteiger partial charge in [-0.25, -0.2) is 0 Å². The van der Waals surface area contributed by atoms with E-state index < -0.39 is 0 Å². The first kappa shape index (κ1) is 15.9. The van der Waals surface area contributed by atoms with Crippen molar-refractivity contribution in [1.82, 2.24) is 4.90 Å². The molecule has 3 heteroatoms. The predicted molar refractivity (Wildman–Crippen MR) is 88.3 cm³/mol. The average molecular weight is 288 g/mol. The van der Waals surface area contributed by atoms with Gasteiger partial charge in [-0.3, -0.25) is 4.79 Å². The standard InChI is InChI=1S/C18H28N2O/c1-13-7-5-9-15(16(13)19)17(21)20-11-6-8-14(10-12-20)18(2,3)4/h5,7,9,14H,6,8,10-12,19H2,1-4H3. The number of benzene rings is 1. The van der Waals surface area contributed by atoms with Crippen molar-refractivity contribution in [3.8, 4) is 0 Å². The number of amides is 1. The maximum atomic E-state index is 12.7. The Balaban J connectivity index is 2.12. The number of aryl methyl sites for hydroxylation is 1. The van der Waals surface area contributed by atoms with Gasteiger partial charge in [-0.1, -0.05) is 32.9 Å². The normalized spacial score (nSPS) is 20.2. The topological polar surface area (TPSA) is 46.3 Å². The Kier molecular flexibility index (Phi) is 4.60. The van der Waals surface area contributed by atoms with E-state index in [9.17, 15) is 4.79 Å². The smallest absolute Gasteiger partial charge is 0.255 e. The second-order valence-electron chi connectivity index (χ2n) is 7.32. The minimum absolute atomic E-state index is 0.0887. The lowest BCUT2D eigenvalue weighted by Crippen LogP contribution is -2.33. The summed E-state index contributed by atoms with van der Waals surface area (Å²) in [7, 11) is 0. The number of anilines is 1. The molecule has 116 valence electrons. The fourth-order valence-corrected chi connectivity index (χ4v) is 3.20. The molecule has 3 nitrogen and oxygen atoms in total. The van der Waals surface area contributed by atoms with Crippen LogP contribution in [0.1, 0.15) is 56.0 Å². The molecular formula is C18H28N2O. The zero-order chi connectivity index (χ0) is 15.6. The minimum Gasteiger partial charge on any atom is -0.398 e. The van der Waals surface area contributed by atoms with E-state index in [1.807, 2.05) is 30.0 Å². The average Bonchev–Trinajstić information content (AvgIpc) is 2.66. The molecule has 0 saturated carbocycles. The van der Waals surface area contributed by atoms with E-state index in [4.69, 9.17) is 5.73 Å². The van der Waals surface area contributed by atoms with E-state index in [0.717, 1.165) is 31.5 Å². The highest BCUT2D eigenvalue weighted by atomic mass is 16.2. The molecule has 0 bridgehead atoms. The third-order valence-electron chi connectivity index (χ3n) is 4.79. The molecule has 1 atom stereocenters. The van der Waals surface area contributed by atoms with Gasteiger partial charge in [0.05, 0.1) is 5.56 Å². The zero-order valence-corrected chi connectivity index (χ0v) is 13.8. The van der Waals surface area contributed by atoms with Crippen LogP contribution in [0.3, 0.4) is 0 Å². The molecule has 2 N–H and O–H groups in total. The van der Waals surface area contributed by atoms with Gasteiger partial charge in [0.2, 0.25) is 0 Å². The van der Waals surface area contributed by atoms with E-state index in [0.29, 0.717) is 22.6 Å². The lowest BCUT2D eigenvalue weighted by atomic mass is 9.77. The number of rotatable bonds is 1. The largest absolute Gasteiger partial charge is 0.398 e. The number of hydrogen-bond donors (Lipinski definition) is 1. The fraction of sp³-hybridized carbons (Fsp3) is 0.611. The number of nitrogens with two attached hydrogens (primary N) is 1. The summed E-state index contributed by atoms with van der Waals surface area (Å²) in [5, 5.41) is 0.